The second-order valence-electron chi connectivity index (χ2n) is 5.68. The maximum Gasteiger partial charge on any atom is 0.326 e. The summed E-state index contributed by atoms with van der Waals surface area (Å²) in [5.74, 6) is -0.892. The number of carboxylic acid groups (broad SMARTS) is 1. The molecule has 2 heterocycles. The zero-order valence-electron chi connectivity index (χ0n) is 12.0. The Morgan fingerprint density at radius 3 is 2.50 bits per heavy atom. The number of hydrogen-bond acceptors (Lipinski definition) is 3. The van der Waals surface area contributed by atoms with Crippen LogP contribution in [0, 0.1) is 0 Å². The van der Waals surface area contributed by atoms with Gasteiger partial charge in [0.1, 0.15) is 6.04 Å². The number of carbonyl (C=O) groups is 2. The number of carbonyl (C=O) groups excluding carboxylic acids is 1. The fraction of sp³-hybridized carbons (Fsp3) is 0.857. The highest BCUT2D eigenvalue weighted by Crippen LogP contribution is 2.17. The number of urea groups is 1. The minimum absolute atomic E-state index is 0.224. The van der Waals surface area contributed by atoms with Crippen molar-refractivity contribution >= 4 is 12.0 Å². The number of nitrogens with one attached hydrogen (secondary N) is 1. The van der Waals surface area contributed by atoms with E-state index in [4.69, 9.17) is 5.11 Å². The standard InChI is InChI=1S/C14H25N3O3/c18-13(19)12-6-1-2-11-17(12)14(20)15-7-5-10-16-8-3-4-9-16/h12H,1-11H2,(H,15,20)(H,18,19). The monoisotopic (exact) mass is 283 g/mol. The number of aliphatic carboxylic acids is 1. The number of rotatable bonds is 5. The molecule has 2 saturated heterocycles. The van der Waals surface area contributed by atoms with Gasteiger partial charge in [-0.15, -0.1) is 0 Å². The van der Waals surface area contributed by atoms with Gasteiger partial charge in [0.25, 0.3) is 0 Å². The van der Waals surface area contributed by atoms with Crippen molar-refractivity contribution in [2.45, 2.75) is 44.6 Å². The van der Waals surface area contributed by atoms with Crippen LogP contribution in [0.1, 0.15) is 38.5 Å². The molecule has 6 nitrogen and oxygen atoms in total. The van der Waals surface area contributed by atoms with Crippen LogP contribution in [0.3, 0.4) is 0 Å². The van der Waals surface area contributed by atoms with E-state index in [2.05, 4.69) is 10.2 Å². The third-order valence-corrected chi connectivity index (χ3v) is 4.17. The zero-order valence-corrected chi connectivity index (χ0v) is 12.0. The van der Waals surface area contributed by atoms with Crippen LogP contribution < -0.4 is 5.32 Å². The first kappa shape index (κ1) is 15.1. The summed E-state index contributed by atoms with van der Waals surface area (Å²) in [4.78, 5) is 27.1. The second kappa shape index (κ2) is 7.47. The molecule has 2 N–H and O–H groups in total. The molecule has 0 saturated carbocycles. The Morgan fingerprint density at radius 1 is 1.10 bits per heavy atom. The molecule has 2 rings (SSSR count). The highest BCUT2D eigenvalue weighted by atomic mass is 16.4. The number of carboxylic acids is 1. The lowest BCUT2D eigenvalue weighted by molar-refractivity contribution is -0.143. The number of nitrogens with zero attached hydrogens (tertiary/aromatic N) is 2. The molecule has 0 spiro atoms. The maximum atomic E-state index is 12.0. The first-order valence-corrected chi connectivity index (χ1v) is 7.68. The lowest BCUT2D eigenvalue weighted by Crippen LogP contribution is -2.52. The van der Waals surface area contributed by atoms with Crippen LogP contribution in [0.4, 0.5) is 4.79 Å². The van der Waals surface area contributed by atoms with Crippen LogP contribution in [0.15, 0.2) is 0 Å². The molecule has 2 fully saturated rings. The van der Waals surface area contributed by atoms with Gasteiger partial charge in [-0.3, -0.25) is 0 Å². The molecule has 0 aliphatic carbocycles. The number of piperidine rings is 1. The first-order valence-electron chi connectivity index (χ1n) is 7.68. The van der Waals surface area contributed by atoms with Crippen LogP contribution in [-0.2, 0) is 4.79 Å². The molecular weight excluding hydrogens is 258 g/mol. The molecule has 20 heavy (non-hydrogen) atoms. The van der Waals surface area contributed by atoms with Crippen LogP contribution in [0.5, 0.6) is 0 Å². The van der Waals surface area contributed by atoms with Gasteiger partial charge < -0.3 is 20.2 Å². The summed E-state index contributed by atoms with van der Waals surface area (Å²) in [6.45, 7) is 4.53. The molecule has 2 aliphatic rings. The van der Waals surface area contributed by atoms with E-state index in [9.17, 15) is 9.59 Å². The van der Waals surface area contributed by atoms with Gasteiger partial charge in [-0.25, -0.2) is 9.59 Å². The predicted molar refractivity (Wildman–Crippen MR) is 75.7 cm³/mol. The van der Waals surface area contributed by atoms with Gasteiger partial charge in [0.2, 0.25) is 0 Å². The fourth-order valence-electron chi connectivity index (χ4n) is 3.04. The molecule has 2 amide bonds. The quantitative estimate of drug-likeness (QED) is 0.742. The van der Waals surface area contributed by atoms with E-state index in [0.29, 0.717) is 19.5 Å². The normalized spacial score (nSPS) is 23.8. The van der Waals surface area contributed by atoms with Gasteiger partial charge in [0.05, 0.1) is 0 Å². The van der Waals surface area contributed by atoms with Crippen molar-refractivity contribution < 1.29 is 14.7 Å². The molecule has 0 aromatic carbocycles. The Labute approximate surface area is 120 Å². The summed E-state index contributed by atoms with van der Waals surface area (Å²) in [6, 6.07) is -0.874. The van der Waals surface area contributed by atoms with Gasteiger partial charge >= 0.3 is 12.0 Å². The minimum Gasteiger partial charge on any atom is -0.480 e. The molecule has 0 aromatic rings. The summed E-state index contributed by atoms with van der Waals surface area (Å²) in [6.07, 6.45) is 5.83. The average molecular weight is 283 g/mol. The Hall–Kier alpha value is -1.30. The van der Waals surface area contributed by atoms with E-state index >= 15 is 0 Å². The van der Waals surface area contributed by atoms with Crippen molar-refractivity contribution in [1.82, 2.24) is 15.1 Å². The third kappa shape index (κ3) is 4.10. The van der Waals surface area contributed by atoms with Crippen molar-refractivity contribution in [3.05, 3.63) is 0 Å². The van der Waals surface area contributed by atoms with Gasteiger partial charge in [-0.1, -0.05) is 0 Å². The van der Waals surface area contributed by atoms with E-state index in [1.807, 2.05) is 0 Å². The molecular formula is C14H25N3O3. The lowest BCUT2D eigenvalue weighted by Gasteiger charge is -2.32. The molecule has 2 aliphatic heterocycles. The average Bonchev–Trinajstić information content (AvgIpc) is 2.96. The predicted octanol–water partition coefficient (Wildman–Crippen LogP) is 1.12. The highest BCUT2D eigenvalue weighted by molar-refractivity contribution is 5.82. The first-order chi connectivity index (χ1) is 9.68. The Bertz CT molecular complexity index is 343. The van der Waals surface area contributed by atoms with Crippen LogP contribution in [0.2, 0.25) is 0 Å². The second-order valence-corrected chi connectivity index (χ2v) is 5.68. The van der Waals surface area contributed by atoms with Crippen molar-refractivity contribution in [3.63, 3.8) is 0 Å². The van der Waals surface area contributed by atoms with Crippen molar-refractivity contribution in [2.24, 2.45) is 0 Å². The molecule has 0 bridgehead atoms. The van der Waals surface area contributed by atoms with Crippen LogP contribution >= 0.6 is 0 Å². The zero-order chi connectivity index (χ0) is 14.4. The van der Waals surface area contributed by atoms with Gasteiger partial charge in [-0.05, 0) is 58.2 Å². The van der Waals surface area contributed by atoms with Crippen LogP contribution in [-0.4, -0.2) is 65.7 Å². The SMILES string of the molecule is O=C(O)C1CCCCN1C(=O)NCCCN1CCCC1. The smallest absolute Gasteiger partial charge is 0.326 e. The molecule has 114 valence electrons. The summed E-state index contributed by atoms with van der Waals surface area (Å²) < 4.78 is 0. The molecule has 1 atom stereocenters. The summed E-state index contributed by atoms with van der Waals surface area (Å²) in [7, 11) is 0. The van der Waals surface area contributed by atoms with Gasteiger partial charge in [0, 0.05) is 13.1 Å². The van der Waals surface area contributed by atoms with Crippen molar-refractivity contribution in [3.8, 4) is 0 Å². The largest absolute Gasteiger partial charge is 0.480 e. The molecule has 1 unspecified atom stereocenters. The lowest BCUT2D eigenvalue weighted by atomic mass is 10.0. The summed E-state index contributed by atoms with van der Waals surface area (Å²) in [5, 5.41) is 12.0. The Kier molecular flexibility index (Phi) is 5.64. The number of amides is 2. The van der Waals surface area contributed by atoms with Gasteiger partial charge in [-0.2, -0.15) is 0 Å². The summed E-state index contributed by atoms with van der Waals surface area (Å²) in [5.41, 5.74) is 0. The van der Waals surface area contributed by atoms with Crippen molar-refractivity contribution in [2.75, 3.05) is 32.7 Å². The minimum atomic E-state index is -0.892. The van der Waals surface area contributed by atoms with Crippen LogP contribution in [0.25, 0.3) is 0 Å². The summed E-state index contributed by atoms with van der Waals surface area (Å²) >= 11 is 0. The molecule has 0 aromatic heterocycles. The number of hydrogen-bond donors (Lipinski definition) is 2. The molecule has 0 radical (unpaired) electrons. The maximum absolute atomic E-state index is 12.0. The Balaban J connectivity index is 1.68. The highest BCUT2D eigenvalue weighted by Gasteiger charge is 2.31. The van der Waals surface area contributed by atoms with E-state index in [-0.39, 0.29) is 6.03 Å². The van der Waals surface area contributed by atoms with E-state index < -0.39 is 12.0 Å². The topological polar surface area (TPSA) is 72.9 Å². The fourth-order valence-corrected chi connectivity index (χ4v) is 3.04. The number of likely N-dealkylation sites (tertiary alicyclic amines) is 2. The third-order valence-electron chi connectivity index (χ3n) is 4.17. The molecule has 6 heteroatoms. The van der Waals surface area contributed by atoms with Crippen molar-refractivity contribution in [1.29, 1.82) is 0 Å². The van der Waals surface area contributed by atoms with Gasteiger partial charge in [0.15, 0.2) is 0 Å². The van der Waals surface area contributed by atoms with E-state index in [0.717, 1.165) is 25.8 Å². The van der Waals surface area contributed by atoms with E-state index in [1.165, 1.54) is 30.8 Å². The Morgan fingerprint density at radius 2 is 1.80 bits per heavy atom. The van der Waals surface area contributed by atoms with E-state index in [1.54, 1.807) is 0 Å².